The Morgan fingerprint density at radius 2 is 2.09 bits per heavy atom. The summed E-state index contributed by atoms with van der Waals surface area (Å²) in [6.07, 6.45) is 2.10. The Kier molecular flexibility index (Phi) is 5.40. The van der Waals surface area contributed by atoms with Gasteiger partial charge < -0.3 is 14.8 Å². The van der Waals surface area contributed by atoms with Gasteiger partial charge in [0.2, 0.25) is 0 Å². The molecule has 11 nitrogen and oxygen atoms in total. The number of aliphatic hydroxyl groups excluding tert-OH is 1. The number of hydrogen-bond acceptors (Lipinski definition) is 8. The van der Waals surface area contributed by atoms with Gasteiger partial charge in [0, 0.05) is 15.8 Å². The maximum Gasteiger partial charge on any atom is 0.280 e. The van der Waals surface area contributed by atoms with Crippen LogP contribution in [0.4, 0.5) is 5.82 Å². The van der Waals surface area contributed by atoms with E-state index in [1.54, 1.807) is 47.5 Å². The van der Waals surface area contributed by atoms with Gasteiger partial charge in [-0.05, 0) is 46.9 Å². The SMILES string of the molecule is O=C1[C@@H](C(O)c2nc(=O)c3cc(I)ccc3[nH]2)OCCN1c1ccn(-c2ccnnc2)n1. The number of hydrogen-bond donors (Lipinski definition) is 2. The van der Waals surface area contributed by atoms with Crippen LogP contribution in [-0.2, 0) is 9.53 Å². The number of anilines is 1. The molecule has 32 heavy (non-hydrogen) atoms. The summed E-state index contributed by atoms with van der Waals surface area (Å²) in [5.74, 6) is -0.105. The summed E-state index contributed by atoms with van der Waals surface area (Å²) in [6.45, 7) is 0.459. The zero-order valence-corrected chi connectivity index (χ0v) is 18.6. The molecule has 0 bridgehead atoms. The van der Waals surface area contributed by atoms with Gasteiger partial charge in [-0.25, -0.2) is 4.68 Å². The minimum absolute atomic E-state index is 0.0303. The zero-order valence-electron chi connectivity index (χ0n) is 16.4. The zero-order chi connectivity index (χ0) is 22.2. The summed E-state index contributed by atoms with van der Waals surface area (Å²) < 4.78 is 8.02. The number of aromatic nitrogens is 6. The molecule has 2 N–H and O–H groups in total. The van der Waals surface area contributed by atoms with Crippen LogP contribution in [0.25, 0.3) is 16.6 Å². The van der Waals surface area contributed by atoms with Crippen molar-refractivity contribution in [3.8, 4) is 5.69 Å². The van der Waals surface area contributed by atoms with Crippen molar-refractivity contribution in [2.45, 2.75) is 12.2 Å². The Hall–Kier alpha value is -3.23. The molecule has 162 valence electrons. The van der Waals surface area contributed by atoms with Crippen molar-refractivity contribution in [2.24, 2.45) is 0 Å². The molecule has 1 amide bonds. The Bertz CT molecular complexity index is 1360. The van der Waals surface area contributed by atoms with Crippen molar-refractivity contribution in [2.75, 3.05) is 18.1 Å². The lowest BCUT2D eigenvalue weighted by Gasteiger charge is -2.32. The van der Waals surface area contributed by atoms with Gasteiger partial charge in [-0.2, -0.15) is 15.2 Å². The molecule has 0 radical (unpaired) electrons. The molecule has 0 saturated carbocycles. The highest BCUT2D eigenvalue weighted by Gasteiger charge is 2.38. The van der Waals surface area contributed by atoms with E-state index < -0.39 is 23.7 Å². The summed E-state index contributed by atoms with van der Waals surface area (Å²) in [7, 11) is 0. The highest BCUT2D eigenvalue weighted by Crippen LogP contribution is 2.25. The second-order valence-corrected chi connectivity index (χ2v) is 8.31. The first-order valence-corrected chi connectivity index (χ1v) is 10.7. The second kappa shape index (κ2) is 8.37. The number of H-pyrrole nitrogens is 1. The van der Waals surface area contributed by atoms with Crippen molar-refractivity contribution < 1.29 is 14.6 Å². The molecule has 4 heterocycles. The van der Waals surface area contributed by atoms with Crippen LogP contribution < -0.4 is 10.5 Å². The fourth-order valence-corrected chi connectivity index (χ4v) is 3.99. The summed E-state index contributed by atoms with van der Waals surface area (Å²) in [5.41, 5.74) is 0.719. The molecule has 1 saturated heterocycles. The van der Waals surface area contributed by atoms with Crippen molar-refractivity contribution >= 4 is 45.2 Å². The fourth-order valence-electron chi connectivity index (χ4n) is 3.50. The number of aromatic amines is 1. The van der Waals surface area contributed by atoms with Gasteiger partial charge in [-0.1, -0.05) is 0 Å². The number of benzene rings is 1. The summed E-state index contributed by atoms with van der Waals surface area (Å²) >= 11 is 2.10. The summed E-state index contributed by atoms with van der Waals surface area (Å²) in [4.78, 5) is 33.9. The Morgan fingerprint density at radius 3 is 2.91 bits per heavy atom. The van der Waals surface area contributed by atoms with Crippen LogP contribution in [0.1, 0.15) is 11.9 Å². The first-order chi connectivity index (χ1) is 15.5. The van der Waals surface area contributed by atoms with Crippen LogP contribution in [0.2, 0.25) is 0 Å². The number of fused-ring (bicyclic) bond motifs is 1. The largest absolute Gasteiger partial charge is 0.382 e. The monoisotopic (exact) mass is 545 g/mol. The molecular formula is C20H16IN7O4. The minimum Gasteiger partial charge on any atom is -0.382 e. The lowest BCUT2D eigenvalue weighted by molar-refractivity contribution is -0.143. The van der Waals surface area contributed by atoms with E-state index >= 15 is 0 Å². The van der Waals surface area contributed by atoms with Gasteiger partial charge in [-0.3, -0.25) is 14.5 Å². The molecule has 12 heteroatoms. The molecule has 0 spiro atoms. The number of carbonyl (C=O) groups excluding carboxylic acids is 1. The number of ether oxygens (including phenoxy) is 1. The lowest BCUT2D eigenvalue weighted by atomic mass is 10.1. The Balaban J connectivity index is 1.42. The highest BCUT2D eigenvalue weighted by molar-refractivity contribution is 14.1. The van der Waals surface area contributed by atoms with Crippen LogP contribution in [0.5, 0.6) is 0 Å². The Morgan fingerprint density at radius 1 is 1.22 bits per heavy atom. The maximum absolute atomic E-state index is 13.1. The molecule has 1 aromatic carbocycles. The first-order valence-electron chi connectivity index (χ1n) is 9.64. The van der Waals surface area contributed by atoms with Crippen molar-refractivity contribution in [1.29, 1.82) is 0 Å². The van der Waals surface area contributed by atoms with E-state index in [4.69, 9.17) is 4.74 Å². The van der Waals surface area contributed by atoms with Crippen LogP contribution in [0.15, 0.2) is 53.7 Å². The van der Waals surface area contributed by atoms with E-state index in [-0.39, 0.29) is 19.0 Å². The summed E-state index contributed by atoms with van der Waals surface area (Å²) in [5, 5.41) is 23.2. The Labute approximate surface area is 194 Å². The van der Waals surface area contributed by atoms with Gasteiger partial charge >= 0.3 is 0 Å². The molecular weight excluding hydrogens is 529 g/mol. The van der Waals surface area contributed by atoms with Crippen molar-refractivity contribution in [1.82, 2.24) is 29.9 Å². The predicted molar refractivity (Wildman–Crippen MR) is 121 cm³/mol. The summed E-state index contributed by atoms with van der Waals surface area (Å²) in [6, 6.07) is 8.68. The molecule has 5 rings (SSSR count). The molecule has 4 aromatic rings. The third-order valence-corrected chi connectivity index (χ3v) is 5.74. The maximum atomic E-state index is 13.1. The third-order valence-electron chi connectivity index (χ3n) is 5.07. The van der Waals surface area contributed by atoms with Gasteiger partial charge in [0.15, 0.2) is 11.9 Å². The number of carbonyl (C=O) groups is 1. The number of halogens is 1. The number of rotatable bonds is 4. The van der Waals surface area contributed by atoms with E-state index in [0.29, 0.717) is 22.4 Å². The molecule has 2 atom stereocenters. The van der Waals surface area contributed by atoms with Crippen molar-refractivity contribution in [3.05, 3.63) is 68.7 Å². The van der Waals surface area contributed by atoms with E-state index in [1.165, 1.54) is 4.90 Å². The van der Waals surface area contributed by atoms with Crippen LogP contribution in [0, 0.1) is 3.57 Å². The van der Waals surface area contributed by atoms with Gasteiger partial charge in [0.25, 0.3) is 11.5 Å². The number of aliphatic hydroxyl groups is 1. The topological polar surface area (TPSA) is 139 Å². The minimum atomic E-state index is -1.45. The van der Waals surface area contributed by atoms with E-state index in [2.05, 4.69) is 47.9 Å². The van der Waals surface area contributed by atoms with Crippen molar-refractivity contribution in [3.63, 3.8) is 0 Å². The first kappa shape index (κ1) is 20.7. The fraction of sp³-hybridized carbons (Fsp3) is 0.200. The van der Waals surface area contributed by atoms with E-state index in [9.17, 15) is 14.7 Å². The highest BCUT2D eigenvalue weighted by atomic mass is 127. The lowest BCUT2D eigenvalue weighted by Crippen LogP contribution is -2.50. The average Bonchev–Trinajstić information content (AvgIpc) is 3.30. The molecule has 0 aliphatic carbocycles. The predicted octanol–water partition coefficient (Wildman–Crippen LogP) is 0.969. The number of nitrogens with one attached hydrogen (secondary N) is 1. The molecule has 1 fully saturated rings. The average molecular weight is 545 g/mol. The number of amides is 1. The number of morpholine rings is 1. The van der Waals surface area contributed by atoms with Gasteiger partial charge in [-0.15, -0.1) is 5.10 Å². The molecule has 3 aromatic heterocycles. The third kappa shape index (κ3) is 3.76. The van der Waals surface area contributed by atoms with Gasteiger partial charge in [0.1, 0.15) is 11.9 Å². The number of nitrogens with zero attached hydrogens (tertiary/aromatic N) is 6. The standard InChI is InChI=1S/C20H16IN7O4/c21-11-1-2-14-13(9-11)19(30)25-18(24-14)16(29)17-20(31)27(7-8-32-17)15-4-6-28(26-15)12-3-5-22-23-10-12/h1-6,9-10,16-17,29H,7-8H2,(H,24,25,30)/t16?,17-/m1/s1. The molecule has 1 unspecified atom stereocenters. The van der Waals surface area contributed by atoms with E-state index in [1.807, 2.05) is 6.07 Å². The van der Waals surface area contributed by atoms with Gasteiger partial charge in [0.05, 0.1) is 42.1 Å². The quantitative estimate of drug-likeness (QED) is 0.362. The van der Waals surface area contributed by atoms with E-state index in [0.717, 1.165) is 3.57 Å². The van der Waals surface area contributed by atoms with Crippen LogP contribution in [0.3, 0.4) is 0 Å². The molecule has 1 aliphatic heterocycles. The normalized spacial score (nSPS) is 17.6. The van der Waals surface area contributed by atoms with Crippen LogP contribution >= 0.6 is 22.6 Å². The van der Waals surface area contributed by atoms with Crippen LogP contribution in [-0.4, -0.2) is 60.2 Å². The molecule has 1 aliphatic rings. The second-order valence-electron chi connectivity index (χ2n) is 7.06. The smallest absolute Gasteiger partial charge is 0.280 e.